The third-order valence-electron chi connectivity index (χ3n) is 8.93. The highest BCUT2D eigenvalue weighted by Crippen LogP contribution is 2.48. The van der Waals surface area contributed by atoms with Crippen LogP contribution in [0.3, 0.4) is 0 Å². The van der Waals surface area contributed by atoms with Gasteiger partial charge in [-0.1, -0.05) is 24.3 Å². The van der Waals surface area contributed by atoms with Crippen molar-refractivity contribution < 1.29 is 23.8 Å². The van der Waals surface area contributed by atoms with E-state index in [9.17, 15) is 9.59 Å². The molecule has 0 bridgehead atoms. The first-order valence-corrected chi connectivity index (χ1v) is 14.8. The standard InChI is InChI=1S/C33H35N5O5/c1-36-32(40)38(16-12-22-20-35-27-7-3-2-6-25(22)27)31(39)33(36)13-17-37(15-5-4-14-34)28-18-23(8-10-26(28)33)43-24-9-11-29-30(19-24)42-21-41-29/h2-3,6-11,18-20,35H,4-5,12-17,21,34H2,1H3. The van der Waals surface area contributed by atoms with Crippen molar-refractivity contribution in [3.05, 3.63) is 78.0 Å². The molecule has 1 fully saturated rings. The SMILES string of the molecule is CN1C(=O)N(CCc2c[nH]c3ccccc23)C(=O)C12CCN(CCCCN)c1cc(Oc3ccc4c(c3)OCO4)ccc12. The van der Waals surface area contributed by atoms with Crippen LogP contribution in [-0.4, -0.2) is 66.7 Å². The van der Waals surface area contributed by atoms with Crippen molar-refractivity contribution in [2.45, 2.75) is 31.2 Å². The molecule has 3 aliphatic rings. The third-order valence-corrected chi connectivity index (χ3v) is 8.93. The topological polar surface area (TPSA) is 113 Å². The minimum atomic E-state index is -1.08. The van der Waals surface area contributed by atoms with Crippen molar-refractivity contribution in [2.75, 3.05) is 44.9 Å². The van der Waals surface area contributed by atoms with Gasteiger partial charge in [0.05, 0.1) is 0 Å². The fourth-order valence-electron chi connectivity index (χ4n) is 6.63. The summed E-state index contributed by atoms with van der Waals surface area (Å²) in [6.45, 7) is 2.55. The summed E-state index contributed by atoms with van der Waals surface area (Å²) < 4.78 is 17.2. The van der Waals surface area contributed by atoms with Crippen LogP contribution >= 0.6 is 0 Å². The Hall–Kier alpha value is -4.70. The number of hydrogen-bond acceptors (Lipinski definition) is 7. The maximum absolute atomic E-state index is 14.3. The molecular formula is C33H35N5O5. The summed E-state index contributed by atoms with van der Waals surface area (Å²) >= 11 is 0. The Bertz CT molecular complexity index is 1700. The number of benzene rings is 3. The number of carbonyl (C=O) groups is 2. The number of carbonyl (C=O) groups excluding carboxylic acids is 2. The minimum Gasteiger partial charge on any atom is -0.457 e. The summed E-state index contributed by atoms with van der Waals surface area (Å²) in [5, 5.41) is 1.11. The number of rotatable bonds is 9. The van der Waals surface area contributed by atoms with E-state index in [4.69, 9.17) is 19.9 Å². The molecule has 1 saturated heterocycles. The largest absolute Gasteiger partial charge is 0.457 e. The zero-order chi connectivity index (χ0) is 29.6. The van der Waals surface area contributed by atoms with E-state index in [1.165, 1.54) is 4.90 Å². The molecule has 0 aliphatic carbocycles. The molecule has 222 valence electrons. The molecule has 1 spiro atoms. The third kappa shape index (κ3) is 4.53. The first kappa shape index (κ1) is 27.2. The number of amides is 3. The summed E-state index contributed by atoms with van der Waals surface area (Å²) in [5.74, 6) is 2.41. The van der Waals surface area contributed by atoms with E-state index in [1.807, 2.05) is 54.7 Å². The first-order chi connectivity index (χ1) is 21.0. The van der Waals surface area contributed by atoms with Crippen LogP contribution in [0, 0.1) is 0 Å². The Morgan fingerprint density at radius 1 is 0.977 bits per heavy atom. The number of nitrogens with one attached hydrogen (secondary N) is 1. The van der Waals surface area contributed by atoms with Crippen LogP contribution in [0.15, 0.2) is 66.9 Å². The van der Waals surface area contributed by atoms with E-state index < -0.39 is 5.54 Å². The van der Waals surface area contributed by atoms with Crippen molar-refractivity contribution in [1.82, 2.24) is 14.8 Å². The Balaban J connectivity index is 1.19. The fraction of sp³-hybridized carbons (Fsp3) is 0.333. The van der Waals surface area contributed by atoms with Crippen LogP contribution in [0.2, 0.25) is 0 Å². The van der Waals surface area contributed by atoms with Gasteiger partial charge in [-0.3, -0.25) is 9.69 Å². The van der Waals surface area contributed by atoms with Gasteiger partial charge in [-0.05, 0) is 55.6 Å². The van der Waals surface area contributed by atoms with Crippen LogP contribution in [-0.2, 0) is 16.8 Å². The zero-order valence-corrected chi connectivity index (χ0v) is 24.2. The number of anilines is 1. The van der Waals surface area contributed by atoms with E-state index in [-0.39, 0.29) is 18.7 Å². The quantitative estimate of drug-likeness (QED) is 0.212. The number of likely N-dealkylation sites (N-methyl/N-ethyl adjacent to an activating group) is 1. The van der Waals surface area contributed by atoms with Crippen LogP contribution in [0.5, 0.6) is 23.0 Å². The Labute approximate surface area is 249 Å². The predicted octanol–water partition coefficient (Wildman–Crippen LogP) is 4.97. The van der Waals surface area contributed by atoms with Gasteiger partial charge in [-0.15, -0.1) is 0 Å². The van der Waals surface area contributed by atoms with Gasteiger partial charge in [-0.25, -0.2) is 4.79 Å². The van der Waals surface area contributed by atoms with Gasteiger partial charge in [-0.2, -0.15) is 0 Å². The summed E-state index contributed by atoms with van der Waals surface area (Å²) in [7, 11) is 1.75. The molecule has 10 nitrogen and oxygen atoms in total. The molecule has 3 amide bonds. The number of fused-ring (bicyclic) bond motifs is 4. The lowest BCUT2D eigenvalue weighted by molar-refractivity contribution is -0.133. The van der Waals surface area contributed by atoms with E-state index in [0.717, 1.165) is 47.1 Å². The minimum absolute atomic E-state index is 0.174. The Morgan fingerprint density at radius 3 is 2.67 bits per heavy atom. The van der Waals surface area contributed by atoms with Crippen LogP contribution in [0.25, 0.3) is 10.9 Å². The molecule has 3 aromatic carbocycles. The average Bonchev–Trinajstić information content (AvgIpc) is 3.71. The molecule has 0 saturated carbocycles. The number of imide groups is 1. The van der Waals surface area contributed by atoms with E-state index in [0.29, 0.717) is 55.5 Å². The molecule has 0 radical (unpaired) electrons. The van der Waals surface area contributed by atoms with E-state index >= 15 is 0 Å². The van der Waals surface area contributed by atoms with Gasteiger partial charge in [0, 0.05) is 73.6 Å². The van der Waals surface area contributed by atoms with Crippen LogP contribution in [0.4, 0.5) is 10.5 Å². The normalized spacial score (nSPS) is 19.2. The number of nitrogens with zero attached hydrogens (tertiary/aromatic N) is 3. The number of aromatic nitrogens is 1. The lowest BCUT2D eigenvalue weighted by Crippen LogP contribution is -2.51. The smallest absolute Gasteiger partial charge is 0.327 e. The molecule has 4 heterocycles. The average molecular weight is 582 g/mol. The maximum atomic E-state index is 14.3. The van der Waals surface area contributed by atoms with Gasteiger partial charge in [0.15, 0.2) is 17.0 Å². The van der Waals surface area contributed by atoms with Gasteiger partial charge >= 0.3 is 6.03 Å². The number of unbranched alkanes of at least 4 members (excludes halogenated alkanes) is 1. The van der Waals surface area contributed by atoms with Gasteiger partial charge in [0.2, 0.25) is 6.79 Å². The van der Waals surface area contributed by atoms with Crippen LogP contribution in [0.1, 0.15) is 30.4 Å². The summed E-state index contributed by atoms with van der Waals surface area (Å²) in [6.07, 6.45) is 4.88. The number of hydrogen-bond donors (Lipinski definition) is 2. The number of urea groups is 1. The Morgan fingerprint density at radius 2 is 1.79 bits per heavy atom. The molecule has 10 heteroatoms. The van der Waals surface area contributed by atoms with Crippen molar-refractivity contribution in [3.8, 4) is 23.0 Å². The van der Waals surface area contributed by atoms with Crippen LogP contribution < -0.4 is 24.8 Å². The number of H-pyrrole nitrogens is 1. The van der Waals surface area contributed by atoms with E-state index in [1.54, 1.807) is 18.0 Å². The van der Waals surface area contributed by atoms with Gasteiger partial charge < -0.3 is 34.7 Å². The second-order valence-corrected chi connectivity index (χ2v) is 11.3. The number of ether oxygens (including phenoxy) is 3. The summed E-state index contributed by atoms with van der Waals surface area (Å²) in [4.78, 5) is 36.6. The predicted molar refractivity (Wildman–Crippen MR) is 163 cm³/mol. The fourth-order valence-corrected chi connectivity index (χ4v) is 6.63. The lowest BCUT2D eigenvalue weighted by Gasteiger charge is -2.43. The second-order valence-electron chi connectivity index (χ2n) is 11.3. The number of nitrogens with two attached hydrogens (primary N) is 1. The molecule has 3 N–H and O–H groups in total. The second kappa shape index (κ2) is 10.9. The lowest BCUT2D eigenvalue weighted by atomic mass is 9.80. The highest BCUT2D eigenvalue weighted by atomic mass is 16.7. The van der Waals surface area contributed by atoms with Crippen molar-refractivity contribution in [1.29, 1.82) is 0 Å². The molecular weight excluding hydrogens is 546 g/mol. The molecule has 1 unspecified atom stereocenters. The van der Waals surface area contributed by atoms with Crippen molar-refractivity contribution >= 4 is 28.5 Å². The highest BCUT2D eigenvalue weighted by Gasteiger charge is 2.58. The molecule has 3 aliphatic heterocycles. The number of aromatic amines is 1. The summed E-state index contributed by atoms with van der Waals surface area (Å²) in [5.41, 5.74) is 8.55. The van der Waals surface area contributed by atoms with Crippen molar-refractivity contribution in [3.63, 3.8) is 0 Å². The maximum Gasteiger partial charge on any atom is 0.327 e. The zero-order valence-electron chi connectivity index (χ0n) is 24.2. The molecule has 1 atom stereocenters. The molecule has 7 rings (SSSR count). The van der Waals surface area contributed by atoms with E-state index in [2.05, 4.69) is 16.0 Å². The molecule has 43 heavy (non-hydrogen) atoms. The highest BCUT2D eigenvalue weighted by molar-refractivity contribution is 6.08. The first-order valence-electron chi connectivity index (χ1n) is 14.8. The Kier molecular flexibility index (Phi) is 6.85. The number of para-hydroxylation sites is 1. The van der Waals surface area contributed by atoms with Gasteiger partial charge in [0.1, 0.15) is 11.5 Å². The van der Waals surface area contributed by atoms with Crippen molar-refractivity contribution in [2.24, 2.45) is 5.73 Å². The van der Waals surface area contributed by atoms with Gasteiger partial charge in [0.25, 0.3) is 5.91 Å². The summed E-state index contributed by atoms with van der Waals surface area (Å²) in [6, 6.07) is 19.1. The molecule has 1 aromatic heterocycles. The monoisotopic (exact) mass is 581 g/mol. The molecule has 4 aromatic rings.